The molecule has 3 aliphatic rings. The molecule has 3 N–H and O–H groups in total. The lowest BCUT2D eigenvalue weighted by molar-refractivity contribution is -0.156. The molecule has 4 aromatic heterocycles. The Kier molecular flexibility index (Phi) is 26.1. The Morgan fingerprint density at radius 1 is 0.742 bits per heavy atom. The molecule has 1 amide bonds. The van der Waals surface area contributed by atoms with Crippen LogP contribution in [0.4, 0.5) is 29.6 Å². The van der Waals surface area contributed by atoms with Crippen molar-refractivity contribution < 1.29 is 27.5 Å². The van der Waals surface area contributed by atoms with E-state index in [0.29, 0.717) is 21.8 Å². The van der Waals surface area contributed by atoms with Crippen LogP contribution in [0.15, 0.2) is 73.3 Å². The summed E-state index contributed by atoms with van der Waals surface area (Å²) in [5, 5.41) is 3.83. The predicted molar refractivity (Wildman–Crippen MR) is 252 cm³/mol. The number of amides is 1. The van der Waals surface area contributed by atoms with E-state index in [1.807, 2.05) is 42.5 Å². The van der Waals surface area contributed by atoms with Gasteiger partial charge in [-0.05, 0) is 91.9 Å². The number of ether oxygens (including phenoxy) is 1. The first-order chi connectivity index (χ1) is 26.8. The minimum Gasteiger partial charge on any atom is -0.444 e. The molecule has 338 valence electrons. The van der Waals surface area contributed by atoms with Crippen LogP contribution in [0.5, 0.6) is 0 Å². The van der Waals surface area contributed by atoms with Crippen LogP contribution in [0.1, 0.15) is 113 Å². The lowest BCUT2D eigenvalue weighted by atomic mass is 10.1. The number of carbonyl (C=O) groups is 2. The fourth-order valence-corrected chi connectivity index (χ4v) is 5.63. The molecule has 0 spiro atoms. The number of pyridine rings is 4. The Bertz CT molecular complexity index is 2060. The van der Waals surface area contributed by atoms with E-state index in [9.17, 15) is 18.0 Å². The Morgan fingerprint density at radius 3 is 1.50 bits per heavy atom. The number of halogens is 6. The van der Waals surface area contributed by atoms with Crippen molar-refractivity contribution in [3.05, 3.63) is 138 Å². The first-order valence-corrected chi connectivity index (χ1v) is 18.9. The standard InChI is InChI=1S/C14H17N3O2.C9H7ClN2.C9H9N3.C5H3ClIN.C2HF3O.5CH4/c1-13(2,3)19-12(18)17-11-10(6-5-9-16-11)14(15-4)7-8-14;2*1-11-9(4-5-9)7-3-2-6-12-8(7)10;6-4-2-1-3-8-5(4)7;3-2(4,5)1-6;;;;;/h5-6,9H,7-8H2,1-3H3,(H,16,17,18);2-3,6H,4-5H2;2-3,6H,4-5H2,(H2,10,12);1-3H;1H;5*1H4. The third-order valence-electron chi connectivity index (χ3n) is 8.19. The molecular formula is C44H57Cl2F3IN9O3. The lowest BCUT2D eigenvalue weighted by Gasteiger charge is -2.20. The molecule has 0 aliphatic heterocycles. The Hall–Kier alpha value is -5.09. The number of nitrogen functional groups attached to an aromatic ring is 1. The molecule has 0 bridgehead atoms. The average Bonchev–Trinajstić information content (AvgIpc) is 4.05. The molecule has 0 atom stereocenters. The maximum Gasteiger partial charge on any atom is 0.446 e. The zero-order valence-corrected chi connectivity index (χ0v) is 34.6. The summed E-state index contributed by atoms with van der Waals surface area (Å²) in [5.74, 6) is 0.927. The first kappa shape index (κ1) is 61.2. The van der Waals surface area contributed by atoms with Crippen molar-refractivity contribution in [3.63, 3.8) is 0 Å². The van der Waals surface area contributed by atoms with Crippen molar-refractivity contribution in [1.82, 2.24) is 19.9 Å². The summed E-state index contributed by atoms with van der Waals surface area (Å²) in [7, 11) is 0. The highest BCUT2D eigenvalue weighted by atomic mass is 127. The first-order valence-electron chi connectivity index (χ1n) is 17.0. The summed E-state index contributed by atoms with van der Waals surface area (Å²) in [5.41, 5.74) is 6.53. The van der Waals surface area contributed by atoms with E-state index in [1.54, 1.807) is 51.6 Å². The zero-order chi connectivity index (χ0) is 42.5. The van der Waals surface area contributed by atoms with Gasteiger partial charge in [0.25, 0.3) is 16.6 Å². The second kappa shape index (κ2) is 26.4. The number of aldehydes is 1. The monoisotopic (exact) mass is 1010 g/mol. The Labute approximate surface area is 389 Å². The van der Waals surface area contributed by atoms with E-state index in [0.717, 1.165) is 58.9 Å². The normalized spacial score (nSPS) is 14.4. The van der Waals surface area contributed by atoms with Gasteiger partial charge in [-0.3, -0.25) is 10.1 Å². The number of nitrogens with one attached hydrogen (secondary N) is 1. The summed E-state index contributed by atoms with van der Waals surface area (Å²) in [6.07, 6.45) is 5.66. The number of rotatable bonds is 4. The summed E-state index contributed by atoms with van der Waals surface area (Å²) in [4.78, 5) is 47.3. The summed E-state index contributed by atoms with van der Waals surface area (Å²) < 4.78 is 37.3. The number of alkyl halides is 3. The molecule has 0 saturated heterocycles. The molecule has 18 heteroatoms. The molecule has 3 fully saturated rings. The molecule has 4 heterocycles. The van der Waals surface area contributed by atoms with Crippen LogP contribution in [0.2, 0.25) is 10.2 Å². The number of nitrogens with zero attached hydrogens (tertiary/aromatic N) is 7. The maximum atomic E-state index is 11.8. The highest BCUT2D eigenvalue weighted by molar-refractivity contribution is 14.1. The van der Waals surface area contributed by atoms with Crippen LogP contribution >= 0.6 is 45.8 Å². The molecule has 7 rings (SSSR count). The van der Waals surface area contributed by atoms with Crippen LogP contribution < -0.4 is 11.1 Å². The quantitative estimate of drug-likeness (QED) is 0.0889. The molecule has 0 radical (unpaired) electrons. The van der Waals surface area contributed by atoms with E-state index >= 15 is 0 Å². The number of nitrogens with two attached hydrogens (primary N) is 1. The Morgan fingerprint density at radius 2 is 1.13 bits per heavy atom. The number of anilines is 2. The minimum absolute atomic E-state index is 0. The molecule has 0 aromatic carbocycles. The van der Waals surface area contributed by atoms with Crippen LogP contribution in [-0.2, 0) is 26.1 Å². The summed E-state index contributed by atoms with van der Waals surface area (Å²) in [6.45, 7) is 26.8. The van der Waals surface area contributed by atoms with Crippen LogP contribution in [-0.4, -0.2) is 44.1 Å². The molecule has 3 aliphatic carbocycles. The molecule has 4 aromatic rings. The highest BCUT2D eigenvalue weighted by Gasteiger charge is 2.55. The van der Waals surface area contributed by atoms with Crippen molar-refractivity contribution >= 4 is 69.8 Å². The van der Waals surface area contributed by atoms with Crippen LogP contribution in [0.25, 0.3) is 14.5 Å². The zero-order valence-electron chi connectivity index (χ0n) is 30.9. The van der Waals surface area contributed by atoms with Gasteiger partial charge >= 0.3 is 12.3 Å². The van der Waals surface area contributed by atoms with Crippen molar-refractivity contribution in [3.8, 4) is 0 Å². The van der Waals surface area contributed by atoms with Gasteiger partial charge in [-0.15, -0.1) is 0 Å². The number of hydrogen-bond acceptors (Lipinski definition) is 8. The topological polar surface area (TPSA) is 146 Å². The van der Waals surface area contributed by atoms with Gasteiger partial charge in [0.2, 0.25) is 6.29 Å². The third-order valence-corrected chi connectivity index (χ3v) is 9.97. The van der Waals surface area contributed by atoms with Gasteiger partial charge in [-0.25, -0.2) is 44.4 Å². The van der Waals surface area contributed by atoms with Crippen molar-refractivity contribution in [2.45, 2.75) is 125 Å². The van der Waals surface area contributed by atoms with E-state index in [2.05, 4.69) is 62.4 Å². The van der Waals surface area contributed by atoms with E-state index in [4.69, 9.17) is 58.2 Å². The highest BCUT2D eigenvalue weighted by Crippen LogP contribution is 2.52. The lowest BCUT2D eigenvalue weighted by Crippen LogP contribution is -2.28. The van der Waals surface area contributed by atoms with E-state index < -0.39 is 29.7 Å². The van der Waals surface area contributed by atoms with Crippen molar-refractivity contribution in [2.24, 2.45) is 0 Å². The van der Waals surface area contributed by atoms with Crippen molar-refractivity contribution in [2.75, 3.05) is 11.1 Å². The van der Waals surface area contributed by atoms with Crippen LogP contribution in [0, 0.1) is 23.4 Å². The fraction of sp³-hybridized carbons (Fsp3) is 0.432. The van der Waals surface area contributed by atoms with E-state index in [-0.39, 0.29) is 48.2 Å². The molecule has 3 saturated carbocycles. The Balaban J connectivity index is -0.000000721. The SMILES string of the molecule is C.C.C.C.C.Clc1cccnc1I.O=CC(F)(F)F.[C-]#[N+]C1(c2cccnc2Cl)CC1.[C-]#[N+]C1(c2cccnc2N)CC1.[C-]#[N+]C1(c2cccnc2NC(=O)OC(C)(C)C)CC1. The minimum atomic E-state index is -4.64. The van der Waals surface area contributed by atoms with Gasteiger partial charge in [-0.1, -0.05) is 60.3 Å². The smallest absolute Gasteiger partial charge is 0.444 e. The van der Waals surface area contributed by atoms with E-state index in [1.165, 1.54) is 0 Å². The van der Waals surface area contributed by atoms with Gasteiger partial charge in [-0.2, -0.15) is 13.2 Å². The molecule has 62 heavy (non-hydrogen) atoms. The average molecular weight is 1010 g/mol. The predicted octanol–water partition coefficient (Wildman–Crippen LogP) is 13.8. The van der Waals surface area contributed by atoms with Gasteiger partial charge in [0.05, 0.1) is 21.7 Å². The summed E-state index contributed by atoms with van der Waals surface area (Å²) >= 11 is 13.6. The van der Waals surface area contributed by atoms with Crippen LogP contribution in [0.3, 0.4) is 0 Å². The van der Waals surface area contributed by atoms with Gasteiger partial charge in [0.15, 0.2) is 0 Å². The van der Waals surface area contributed by atoms with Gasteiger partial charge in [0.1, 0.15) is 26.1 Å². The maximum absolute atomic E-state index is 11.8. The largest absolute Gasteiger partial charge is 0.446 e. The number of hydrogen-bond donors (Lipinski definition) is 2. The molecular weight excluding hydrogens is 957 g/mol. The number of carbonyl (C=O) groups excluding carboxylic acids is 2. The fourth-order valence-electron chi connectivity index (χ4n) is 4.87. The van der Waals surface area contributed by atoms with Crippen molar-refractivity contribution in [1.29, 1.82) is 0 Å². The molecule has 12 nitrogen and oxygen atoms in total. The summed E-state index contributed by atoms with van der Waals surface area (Å²) in [6, 6.07) is 14.7. The second-order valence-electron chi connectivity index (χ2n) is 13.7. The molecule has 0 unspecified atom stereocenters. The number of aromatic nitrogens is 4. The second-order valence-corrected chi connectivity index (χ2v) is 15.5. The van der Waals surface area contributed by atoms with Gasteiger partial charge < -0.3 is 25.0 Å². The third kappa shape index (κ3) is 18.5. The van der Waals surface area contributed by atoms with Gasteiger partial charge in [0, 0.05) is 63.3 Å².